The average molecular weight is 355 g/mol. The summed E-state index contributed by atoms with van der Waals surface area (Å²) >= 11 is 2.88. The van der Waals surface area contributed by atoms with Crippen molar-refractivity contribution >= 4 is 44.4 Å². The lowest BCUT2D eigenvalue weighted by Gasteiger charge is -2.21. The number of nitrogens with zero attached hydrogens (tertiary/aromatic N) is 3. The van der Waals surface area contributed by atoms with Crippen LogP contribution in [0.3, 0.4) is 0 Å². The third kappa shape index (κ3) is 2.54. The van der Waals surface area contributed by atoms with Crippen LogP contribution >= 0.6 is 23.1 Å². The molecular formula is C17H10FN3OS2. The highest BCUT2D eigenvalue weighted by molar-refractivity contribution is 8.00. The van der Waals surface area contributed by atoms with Gasteiger partial charge in [0.1, 0.15) is 11.2 Å². The third-order valence-corrected chi connectivity index (χ3v) is 5.97. The van der Waals surface area contributed by atoms with Gasteiger partial charge in [0.05, 0.1) is 27.6 Å². The molecule has 2 aromatic carbocycles. The number of rotatable bonds is 2. The molecule has 2 heterocycles. The molecule has 1 aliphatic heterocycles. The van der Waals surface area contributed by atoms with Gasteiger partial charge in [-0.1, -0.05) is 23.5 Å². The van der Waals surface area contributed by atoms with E-state index >= 15 is 0 Å². The fourth-order valence-electron chi connectivity index (χ4n) is 2.59. The largest absolute Gasteiger partial charge is 0.273 e. The molecule has 0 bridgehead atoms. The van der Waals surface area contributed by atoms with E-state index in [-0.39, 0.29) is 17.1 Å². The van der Waals surface area contributed by atoms with E-state index in [9.17, 15) is 9.18 Å². The van der Waals surface area contributed by atoms with Crippen molar-refractivity contribution in [1.82, 2.24) is 4.98 Å². The highest BCUT2D eigenvalue weighted by atomic mass is 32.2. The Bertz CT molecular complexity index is 978. The van der Waals surface area contributed by atoms with Crippen molar-refractivity contribution in [2.45, 2.75) is 5.37 Å². The predicted molar refractivity (Wildman–Crippen MR) is 93.4 cm³/mol. The van der Waals surface area contributed by atoms with Gasteiger partial charge in [0.15, 0.2) is 5.13 Å². The van der Waals surface area contributed by atoms with Crippen molar-refractivity contribution in [2.75, 3.05) is 10.7 Å². The van der Waals surface area contributed by atoms with Crippen molar-refractivity contribution in [3.05, 3.63) is 59.4 Å². The molecule has 4 rings (SSSR count). The average Bonchev–Trinajstić information content (AvgIpc) is 3.17. The zero-order chi connectivity index (χ0) is 16.7. The van der Waals surface area contributed by atoms with Gasteiger partial charge in [0.2, 0.25) is 5.91 Å². The van der Waals surface area contributed by atoms with Gasteiger partial charge in [-0.05, 0) is 35.9 Å². The molecule has 1 fully saturated rings. The summed E-state index contributed by atoms with van der Waals surface area (Å²) < 4.78 is 14.0. The molecule has 118 valence electrons. The molecule has 7 heteroatoms. The van der Waals surface area contributed by atoms with E-state index < -0.39 is 0 Å². The Kier molecular flexibility index (Phi) is 3.71. The van der Waals surface area contributed by atoms with Gasteiger partial charge >= 0.3 is 0 Å². The Labute approximate surface area is 145 Å². The van der Waals surface area contributed by atoms with Crippen LogP contribution in [0, 0.1) is 17.1 Å². The van der Waals surface area contributed by atoms with Crippen LogP contribution in [0.1, 0.15) is 16.5 Å². The first-order valence-corrected chi connectivity index (χ1v) is 9.02. The van der Waals surface area contributed by atoms with Crippen LogP contribution in [0.2, 0.25) is 0 Å². The fourth-order valence-corrected chi connectivity index (χ4v) is 4.86. The molecule has 3 aromatic rings. The Morgan fingerprint density at radius 3 is 2.79 bits per heavy atom. The van der Waals surface area contributed by atoms with Crippen molar-refractivity contribution < 1.29 is 9.18 Å². The zero-order valence-corrected chi connectivity index (χ0v) is 13.9. The van der Waals surface area contributed by atoms with Crippen molar-refractivity contribution in [3.8, 4) is 6.07 Å². The number of carbonyl (C=O) groups excluding carboxylic acids is 1. The van der Waals surface area contributed by atoms with Crippen LogP contribution < -0.4 is 4.90 Å². The number of hydrogen-bond donors (Lipinski definition) is 0. The van der Waals surface area contributed by atoms with E-state index in [0.717, 1.165) is 15.8 Å². The van der Waals surface area contributed by atoms with Crippen LogP contribution in [0.4, 0.5) is 9.52 Å². The summed E-state index contributed by atoms with van der Waals surface area (Å²) in [6.45, 7) is 0. The molecule has 24 heavy (non-hydrogen) atoms. The number of hydrogen-bond acceptors (Lipinski definition) is 5. The first kappa shape index (κ1) is 15.1. The molecule has 0 saturated carbocycles. The molecule has 0 spiro atoms. The lowest BCUT2D eigenvalue weighted by Crippen LogP contribution is -2.27. The second-order valence-electron chi connectivity index (χ2n) is 5.27. The number of benzene rings is 2. The van der Waals surface area contributed by atoms with Gasteiger partial charge < -0.3 is 0 Å². The van der Waals surface area contributed by atoms with Gasteiger partial charge in [-0.3, -0.25) is 9.69 Å². The summed E-state index contributed by atoms with van der Waals surface area (Å²) in [4.78, 5) is 18.6. The summed E-state index contributed by atoms with van der Waals surface area (Å²) in [7, 11) is 0. The van der Waals surface area contributed by atoms with E-state index in [0.29, 0.717) is 16.4 Å². The zero-order valence-electron chi connectivity index (χ0n) is 12.3. The molecule has 0 aliphatic carbocycles. The molecule has 1 saturated heterocycles. The monoisotopic (exact) mass is 355 g/mol. The normalized spacial score (nSPS) is 17.4. The molecule has 1 atom stereocenters. The van der Waals surface area contributed by atoms with Crippen LogP contribution in [0.5, 0.6) is 0 Å². The van der Waals surface area contributed by atoms with E-state index in [2.05, 4.69) is 11.1 Å². The highest BCUT2D eigenvalue weighted by Gasteiger charge is 2.36. The van der Waals surface area contributed by atoms with E-state index in [1.165, 1.54) is 35.2 Å². The van der Waals surface area contributed by atoms with E-state index in [1.54, 1.807) is 35.2 Å². The Hall–Kier alpha value is -2.43. The molecule has 1 aliphatic rings. The summed E-state index contributed by atoms with van der Waals surface area (Å²) in [5.74, 6) is 0.0408. The SMILES string of the molecule is N#Cc1ccc2nc(N3C(=O)CSC3c3ccc(F)cc3)sc2c1. The summed E-state index contributed by atoms with van der Waals surface area (Å²) in [5, 5.41) is 9.39. The third-order valence-electron chi connectivity index (χ3n) is 3.74. The van der Waals surface area contributed by atoms with Crippen molar-refractivity contribution in [1.29, 1.82) is 5.26 Å². The standard InChI is InChI=1S/C17H10FN3OS2/c18-12-4-2-11(3-5-12)16-21(15(22)9-23-16)17-20-13-6-1-10(8-19)7-14(13)24-17/h1-7,16H,9H2. The number of anilines is 1. The Morgan fingerprint density at radius 1 is 1.25 bits per heavy atom. The number of thiazole rings is 1. The van der Waals surface area contributed by atoms with Crippen LogP contribution in [-0.2, 0) is 4.79 Å². The highest BCUT2D eigenvalue weighted by Crippen LogP contribution is 2.44. The summed E-state index contributed by atoms with van der Waals surface area (Å²) in [6, 6.07) is 13.6. The first-order valence-electron chi connectivity index (χ1n) is 7.15. The van der Waals surface area contributed by atoms with Crippen molar-refractivity contribution in [3.63, 3.8) is 0 Å². The minimum atomic E-state index is -0.302. The maximum atomic E-state index is 13.2. The Morgan fingerprint density at radius 2 is 2.04 bits per heavy atom. The molecular weight excluding hydrogens is 345 g/mol. The van der Waals surface area contributed by atoms with Crippen LogP contribution in [0.15, 0.2) is 42.5 Å². The Balaban J connectivity index is 1.76. The fraction of sp³-hybridized carbons (Fsp3) is 0.118. The van der Waals surface area contributed by atoms with Crippen LogP contribution in [0.25, 0.3) is 10.2 Å². The van der Waals surface area contributed by atoms with Gasteiger partial charge in [-0.25, -0.2) is 9.37 Å². The first-order chi connectivity index (χ1) is 11.7. The van der Waals surface area contributed by atoms with E-state index in [1.807, 2.05) is 0 Å². The number of nitriles is 1. The molecule has 1 aromatic heterocycles. The van der Waals surface area contributed by atoms with Gasteiger partial charge in [-0.15, -0.1) is 11.8 Å². The molecule has 4 nitrogen and oxygen atoms in total. The molecule has 1 unspecified atom stereocenters. The van der Waals surface area contributed by atoms with Gasteiger partial charge in [-0.2, -0.15) is 5.26 Å². The van der Waals surface area contributed by atoms with Gasteiger partial charge in [0.25, 0.3) is 0 Å². The number of amides is 1. The van der Waals surface area contributed by atoms with Crippen LogP contribution in [-0.4, -0.2) is 16.6 Å². The molecule has 0 N–H and O–H groups in total. The maximum Gasteiger partial charge on any atom is 0.240 e. The maximum absolute atomic E-state index is 13.2. The number of fused-ring (bicyclic) bond motifs is 1. The number of carbonyl (C=O) groups is 1. The van der Waals surface area contributed by atoms with Gasteiger partial charge in [0, 0.05) is 0 Å². The number of halogens is 1. The second-order valence-corrected chi connectivity index (χ2v) is 7.35. The molecule has 1 amide bonds. The lowest BCUT2D eigenvalue weighted by molar-refractivity contribution is -0.115. The predicted octanol–water partition coefficient (Wildman–Crippen LogP) is 4.09. The number of thioether (sulfide) groups is 1. The smallest absolute Gasteiger partial charge is 0.240 e. The number of aromatic nitrogens is 1. The van der Waals surface area contributed by atoms with E-state index in [4.69, 9.17) is 5.26 Å². The summed E-state index contributed by atoms with van der Waals surface area (Å²) in [5.41, 5.74) is 2.19. The molecule has 0 radical (unpaired) electrons. The topological polar surface area (TPSA) is 57.0 Å². The quantitative estimate of drug-likeness (QED) is 0.695. The lowest BCUT2D eigenvalue weighted by atomic mass is 10.2. The minimum Gasteiger partial charge on any atom is -0.273 e. The second kappa shape index (κ2) is 5.89. The minimum absolute atomic E-state index is 0.0195. The van der Waals surface area contributed by atoms with Crippen molar-refractivity contribution in [2.24, 2.45) is 0 Å². The summed E-state index contributed by atoms with van der Waals surface area (Å²) in [6.07, 6.45) is 0.